The number of aliphatic carboxylic acids is 15. The molecule has 0 aliphatic rings. The Balaban J connectivity index is -0.000000124. The van der Waals surface area contributed by atoms with Crippen molar-refractivity contribution in [3.63, 3.8) is 0 Å². The Morgan fingerprint density at radius 2 is 0.742 bits per heavy atom. The van der Waals surface area contributed by atoms with Crippen molar-refractivity contribution < 1.29 is 174 Å². The Labute approximate surface area is 363 Å². The molecule has 0 saturated heterocycles. The highest BCUT2D eigenvalue weighted by Crippen LogP contribution is 2.15. The Morgan fingerprint density at radius 3 is 0.894 bits per heavy atom. The highest BCUT2D eigenvalue weighted by atomic mass is 16.5. The van der Waals surface area contributed by atoms with Gasteiger partial charge >= 0.3 is 89.5 Å². The normalized spacial score (nSPS) is 10.6. The molecule has 0 aliphatic carbocycles. The first-order valence-corrected chi connectivity index (χ1v) is 15.7. The second-order valence-electron chi connectivity index (χ2n) is 10.3. The molecule has 0 aromatic rings. The van der Waals surface area contributed by atoms with Crippen molar-refractivity contribution in [2.24, 2.45) is 0 Å². The first-order valence-electron chi connectivity index (χ1n) is 15.7. The number of ether oxygens (including phenoxy) is 1. The molecule has 19 N–H and O–H groups in total. The maximum atomic E-state index is 10.3. The average molecular weight is 973 g/mol. The lowest BCUT2D eigenvalue weighted by Gasteiger charge is -2.18. The SMILES string of the molecule is O=C(O)/C=C/C(=O)O.O=C(O)C#CC(=O)O.O=C(O)C(O)C(O)C(=O)O.O=C(O)CC(O)(CC(=O)O)C(=O)O.O=C(O)CC(O)C(=O)O.O=C(O)CCCC(=O)O.O=C(O)COCC(=O)O. The van der Waals surface area contributed by atoms with Gasteiger partial charge in [-0.05, 0) is 6.42 Å². The fourth-order valence-electron chi connectivity index (χ4n) is 2.10. The van der Waals surface area contributed by atoms with E-state index in [1.807, 2.05) is 0 Å². The van der Waals surface area contributed by atoms with Crippen molar-refractivity contribution in [1.29, 1.82) is 0 Å². The molecule has 0 radical (unpaired) electrons. The first-order chi connectivity index (χ1) is 29.8. The Kier molecular flexibility index (Phi) is 45.0. The highest BCUT2D eigenvalue weighted by molar-refractivity contribution is 5.96. The molecule has 0 saturated carbocycles. The van der Waals surface area contributed by atoms with E-state index >= 15 is 0 Å². The molecule has 0 aromatic carbocycles. The summed E-state index contributed by atoms with van der Waals surface area (Å²) in [4.78, 5) is 146. The number of carboxylic acid groups (broad SMARTS) is 15. The Morgan fingerprint density at radius 1 is 0.439 bits per heavy atom. The second kappa shape index (κ2) is 41.5. The molecule has 0 heterocycles. The van der Waals surface area contributed by atoms with Crippen LogP contribution in [-0.4, -0.2) is 224 Å². The van der Waals surface area contributed by atoms with E-state index in [1.54, 1.807) is 0 Å². The van der Waals surface area contributed by atoms with E-state index in [-0.39, 0.29) is 19.3 Å². The number of aliphatic hydroxyl groups excluding tert-OH is 3. The van der Waals surface area contributed by atoms with Gasteiger partial charge in [-0.2, -0.15) is 0 Å². The molecule has 3 atom stereocenters. The lowest BCUT2D eigenvalue weighted by Crippen LogP contribution is -2.42. The van der Waals surface area contributed by atoms with Crippen molar-refractivity contribution in [2.45, 2.75) is 62.4 Å². The van der Waals surface area contributed by atoms with Gasteiger partial charge in [0.05, 0.1) is 19.3 Å². The summed E-state index contributed by atoms with van der Waals surface area (Å²) in [6.45, 7) is -1.13. The van der Waals surface area contributed by atoms with Crippen molar-refractivity contribution in [2.75, 3.05) is 13.2 Å². The van der Waals surface area contributed by atoms with Gasteiger partial charge < -0.3 is 102 Å². The minimum atomic E-state index is -2.74. The number of hydrogen-bond acceptors (Lipinski definition) is 20. The summed E-state index contributed by atoms with van der Waals surface area (Å²) in [5, 5.41) is 153. The van der Waals surface area contributed by atoms with E-state index in [1.165, 1.54) is 11.8 Å². The van der Waals surface area contributed by atoms with Crippen LogP contribution >= 0.6 is 0 Å². The summed E-state index contributed by atoms with van der Waals surface area (Å²) in [7, 11) is 0. The largest absolute Gasteiger partial charge is 0.481 e. The maximum Gasteiger partial charge on any atom is 0.382 e. The molecule has 0 fully saturated rings. The molecule has 66 heavy (non-hydrogen) atoms. The third-order valence-corrected chi connectivity index (χ3v) is 4.62. The molecule has 0 amide bonds. The fraction of sp³-hybridized carbons (Fsp3) is 0.387. The Hall–Kier alpha value is -8.85. The van der Waals surface area contributed by atoms with Gasteiger partial charge in [0.2, 0.25) is 0 Å². The lowest BCUT2D eigenvalue weighted by atomic mass is 9.96. The van der Waals surface area contributed by atoms with E-state index in [0.717, 1.165) is 0 Å². The van der Waals surface area contributed by atoms with Gasteiger partial charge in [-0.1, -0.05) is 0 Å². The van der Waals surface area contributed by atoms with E-state index in [4.69, 9.17) is 97.0 Å². The van der Waals surface area contributed by atoms with Crippen LogP contribution in [0.25, 0.3) is 0 Å². The van der Waals surface area contributed by atoms with Gasteiger partial charge in [0, 0.05) is 36.8 Å². The van der Waals surface area contributed by atoms with Gasteiger partial charge in [0.15, 0.2) is 23.9 Å². The topological polar surface area (TPSA) is 650 Å². The summed E-state index contributed by atoms with van der Waals surface area (Å²) < 4.78 is 4.16. The molecule has 3 unspecified atom stereocenters. The zero-order chi connectivity index (χ0) is 54.1. The smallest absolute Gasteiger partial charge is 0.382 e. The van der Waals surface area contributed by atoms with Gasteiger partial charge in [-0.3, -0.25) is 24.0 Å². The third-order valence-electron chi connectivity index (χ3n) is 4.62. The highest BCUT2D eigenvalue weighted by Gasteiger charge is 2.40. The van der Waals surface area contributed by atoms with Crippen molar-refractivity contribution in [1.82, 2.24) is 0 Å². The van der Waals surface area contributed by atoms with Crippen LogP contribution in [0, 0.1) is 11.8 Å². The van der Waals surface area contributed by atoms with E-state index < -0.39 is 146 Å². The average Bonchev–Trinajstić information content (AvgIpc) is 3.12. The van der Waals surface area contributed by atoms with Crippen LogP contribution in [-0.2, 0) is 76.7 Å². The minimum absolute atomic E-state index is 0.0632. The molecule has 374 valence electrons. The standard InChI is InChI=1S/C6H8O7.C5H8O4.C4H6O6.2C4H6O5.C4H4O4.C4H2O4/c7-3(8)1-6(13,5(11)12)2-4(9)10;6-4(7)2-1-3-5(8)9;5-1(3(7)8)2(6)4(9)10;5-3(6)1-9-2-4(7)8;5-2(4(8)9)1-3(6)7;2*5-3(6)1-2-4(7)8/h13H,1-2H2,(H,7,8)(H,9,10)(H,11,12);1-3H2,(H,6,7)(H,8,9);1-2,5-6H,(H,7,8)(H,9,10);1-2H2,(H,5,6)(H,7,8);2,5H,1H2,(H,6,7)(H,8,9);1-2H,(H,5,6)(H,7,8);(H,5,6)(H,7,8)/b;;;;;2-1+;. The molecule has 0 aromatic heterocycles. The van der Waals surface area contributed by atoms with Crippen LogP contribution in [0.3, 0.4) is 0 Å². The molecule has 0 aliphatic heterocycles. The first kappa shape index (κ1) is 71.6. The number of carbonyl (C=O) groups is 15. The second-order valence-corrected chi connectivity index (χ2v) is 10.3. The predicted molar refractivity (Wildman–Crippen MR) is 193 cm³/mol. The third kappa shape index (κ3) is 66.9. The molecular weight excluding hydrogens is 932 g/mol. The van der Waals surface area contributed by atoms with Gasteiger partial charge in [-0.25, -0.2) is 47.9 Å². The van der Waals surface area contributed by atoms with Crippen LogP contribution in [0.4, 0.5) is 0 Å². The summed E-state index contributed by atoms with van der Waals surface area (Å²) in [5.41, 5.74) is -2.74. The van der Waals surface area contributed by atoms with Crippen LogP contribution in [0.1, 0.15) is 38.5 Å². The zero-order valence-corrected chi connectivity index (χ0v) is 32.6. The van der Waals surface area contributed by atoms with Crippen LogP contribution in [0.5, 0.6) is 0 Å². The van der Waals surface area contributed by atoms with Crippen molar-refractivity contribution in [3.8, 4) is 11.8 Å². The minimum Gasteiger partial charge on any atom is -0.481 e. The molecular formula is C31H40O35. The fourth-order valence-corrected chi connectivity index (χ4v) is 2.10. The molecule has 0 bridgehead atoms. The van der Waals surface area contributed by atoms with Gasteiger partial charge in [0.25, 0.3) is 0 Å². The zero-order valence-electron chi connectivity index (χ0n) is 32.6. The van der Waals surface area contributed by atoms with Crippen LogP contribution in [0.2, 0.25) is 0 Å². The molecule has 0 spiro atoms. The molecule has 0 rings (SSSR count). The number of hydrogen-bond donors (Lipinski definition) is 19. The van der Waals surface area contributed by atoms with E-state index in [0.29, 0.717) is 12.2 Å². The number of carboxylic acids is 15. The number of rotatable bonds is 21. The summed E-state index contributed by atoms with van der Waals surface area (Å²) >= 11 is 0. The van der Waals surface area contributed by atoms with Gasteiger partial charge in [0.1, 0.15) is 13.2 Å². The van der Waals surface area contributed by atoms with E-state index in [9.17, 15) is 71.9 Å². The van der Waals surface area contributed by atoms with E-state index in [2.05, 4.69) is 4.74 Å². The Bertz CT molecular complexity index is 1650. The maximum absolute atomic E-state index is 10.3. The van der Waals surface area contributed by atoms with Crippen LogP contribution < -0.4 is 0 Å². The lowest BCUT2D eigenvalue weighted by molar-refractivity contribution is -0.170. The predicted octanol–water partition coefficient (Wildman–Crippen LogP) is -6.10. The number of aliphatic hydroxyl groups is 4. The van der Waals surface area contributed by atoms with Crippen LogP contribution in [0.15, 0.2) is 12.2 Å². The van der Waals surface area contributed by atoms with Crippen molar-refractivity contribution >= 4 is 89.5 Å². The monoisotopic (exact) mass is 972 g/mol. The molecule has 35 heteroatoms. The van der Waals surface area contributed by atoms with Crippen molar-refractivity contribution in [3.05, 3.63) is 12.2 Å². The quantitative estimate of drug-likeness (QED) is 0.0376. The van der Waals surface area contributed by atoms with Gasteiger partial charge in [-0.15, -0.1) is 0 Å². The summed E-state index contributed by atoms with van der Waals surface area (Å²) in [5.74, 6) is -18.2. The summed E-state index contributed by atoms with van der Waals surface area (Å²) in [6.07, 6.45) is -8.16. The molecule has 35 nitrogen and oxygen atoms in total. The summed E-state index contributed by atoms with van der Waals surface area (Å²) in [6, 6.07) is 0.